The molecule has 0 saturated heterocycles. The monoisotopic (exact) mass is 694 g/mol. The van der Waals surface area contributed by atoms with Crippen molar-refractivity contribution in [2.75, 3.05) is 20.6 Å². The second-order valence-electron chi connectivity index (χ2n) is 12.6. The van der Waals surface area contributed by atoms with E-state index in [9.17, 15) is 43.2 Å². The molecule has 5 atom stereocenters. The first-order valence-corrected chi connectivity index (χ1v) is 17.0. The number of Topliss-reactive ketones (excluding diaryl/α,β-unsaturated/α-hetero) is 5. The third-order valence-electron chi connectivity index (χ3n) is 7.96. The van der Waals surface area contributed by atoms with Crippen molar-refractivity contribution in [3.8, 4) is 0 Å². The first-order chi connectivity index (χ1) is 23.0. The van der Waals surface area contributed by atoms with E-state index in [0.29, 0.717) is 32.2 Å². The summed E-state index contributed by atoms with van der Waals surface area (Å²) in [6.45, 7) is 7.31. The highest BCUT2D eigenvalue weighted by Gasteiger charge is 2.28. The van der Waals surface area contributed by atoms with Gasteiger partial charge >= 0.3 is 0 Å². The topological polar surface area (TPSA) is 226 Å². The fraction of sp³-hybridized carbons (Fsp3) is 0.735. The molecule has 15 heteroatoms. The lowest BCUT2D eigenvalue weighted by molar-refractivity contribution is -0.132. The zero-order valence-corrected chi connectivity index (χ0v) is 30.3. The van der Waals surface area contributed by atoms with Crippen molar-refractivity contribution >= 4 is 52.5 Å². The van der Waals surface area contributed by atoms with E-state index in [0.717, 1.165) is 0 Å². The third-order valence-corrected chi connectivity index (χ3v) is 7.96. The van der Waals surface area contributed by atoms with Crippen molar-refractivity contribution < 1.29 is 43.2 Å². The molecule has 49 heavy (non-hydrogen) atoms. The second-order valence-corrected chi connectivity index (χ2v) is 12.6. The van der Waals surface area contributed by atoms with Crippen LogP contribution in [0.3, 0.4) is 0 Å². The van der Waals surface area contributed by atoms with Crippen LogP contribution < -0.4 is 31.9 Å². The molecule has 0 aliphatic heterocycles. The Kier molecular flexibility index (Phi) is 23.2. The van der Waals surface area contributed by atoms with Crippen LogP contribution in [0.1, 0.15) is 112 Å². The Morgan fingerprint density at radius 2 is 0.939 bits per heavy atom. The molecule has 5 unspecified atom stereocenters. The Balaban J connectivity index is 5.57. The molecule has 0 aromatic rings. The highest BCUT2D eigenvalue weighted by atomic mass is 16.2. The Bertz CT molecular complexity index is 1160. The van der Waals surface area contributed by atoms with Gasteiger partial charge < -0.3 is 46.3 Å². The van der Waals surface area contributed by atoms with E-state index in [4.69, 9.17) is 0 Å². The second kappa shape index (κ2) is 25.2. The number of nitrogens with one attached hydrogen (secondary N) is 6. The lowest BCUT2D eigenvalue weighted by atomic mass is 10.0. The molecule has 0 radical (unpaired) electrons. The van der Waals surface area contributed by atoms with E-state index in [-0.39, 0.29) is 86.2 Å². The van der Waals surface area contributed by atoms with Crippen LogP contribution in [0.5, 0.6) is 0 Å². The van der Waals surface area contributed by atoms with E-state index in [1.165, 1.54) is 34.6 Å². The van der Waals surface area contributed by atoms with Gasteiger partial charge in [0.05, 0.1) is 18.1 Å². The summed E-state index contributed by atoms with van der Waals surface area (Å²) in [5, 5.41) is 16.6. The molecule has 0 saturated carbocycles. The summed E-state index contributed by atoms with van der Waals surface area (Å²) in [5.74, 6) is -2.64. The van der Waals surface area contributed by atoms with Gasteiger partial charge in [0.15, 0.2) is 5.78 Å². The zero-order valence-electron chi connectivity index (χ0n) is 30.3. The summed E-state index contributed by atoms with van der Waals surface area (Å²) < 4.78 is 0. The molecule has 0 spiro atoms. The largest absolute Gasteiger partial charge is 0.355 e. The number of hydrogen-bond donors (Lipinski definition) is 6. The molecule has 0 rings (SSSR count). The number of amides is 4. The summed E-state index contributed by atoms with van der Waals surface area (Å²) in [6, 6.07) is -3.91. The van der Waals surface area contributed by atoms with Crippen molar-refractivity contribution in [1.29, 1.82) is 0 Å². The average molecular weight is 695 g/mol. The predicted molar refractivity (Wildman–Crippen MR) is 183 cm³/mol. The molecule has 0 fully saturated rings. The maximum absolute atomic E-state index is 13.5. The van der Waals surface area contributed by atoms with Gasteiger partial charge in [-0.3, -0.25) is 28.8 Å². The van der Waals surface area contributed by atoms with Crippen LogP contribution in [0.2, 0.25) is 0 Å². The van der Waals surface area contributed by atoms with Crippen LogP contribution in [0.4, 0.5) is 0 Å². The number of likely N-dealkylation sites (N-methyl/N-ethyl adjacent to an activating group) is 2. The van der Waals surface area contributed by atoms with Crippen molar-refractivity contribution in [1.82, 2.24) is 31.9 Å². The number of carbonyl (C=O) groups is 9. The molecule has 0 aromatic carbocycles. The quantitative estimate of drug-likeness (QED) is 0.0613. The predicted octanol–water partition coefficient (Wildman–Crippen LogP) is 0.359. The van der Waals surface area contributed by atoms with E-state index in [1.807, 2.05) is 0 Å². The molecule has 15 nitrogen and oxygen atoms in total. The van der Waals surface area contributed by atoms with E-state index < -0.39 is 47.9 Å². The van der Waals surface area contributed by atoms with Crippen LogP contribution in [0.25, 0.3) is 0 Å². The molecule has 0 aromatic heterocycles. The van der Waals surface area contributed by atoms with Crippen LogP contribution in [0.15, 0.2) is 0 Å². The number of ketones is 5. The van der Waals surface area contributed by atoms with E-state index in [1.54, 1.807) is 14.1 Å². The van der Waals surface area contributed by atoms with Crippen molar-refractivity contribution in [2.45, 2.75) is 142 Å². The first-order valence-electron chi connectivity index (χ1n) is 17.0. The highest BCUT2D eigenvalue weighted by molar-refractivity contribution is 5.92. The zero-order chi connectivity index (χ0) is 37.5. The normalized spacial score (nSPS) is 13.9. The molecule has 278 valence electrons. The Hall–Kier alpha value is -3.85. The average Bonchev–Trinajstić information content (AvgIpc) is 3.00. The number of rotatable bonds is 28. The highest BCUT2D eigenvalue weighted by Crippen LogP contribution is 2.10. The fourth-order valence-corrected chi connectivity index (χ4v) is 5.04. The summed E-state index contributed by atoms with van der Waals surface area (Å²) in [6.07, 6.45) is 2.43. The lowest BCUT2D eigenvalue weighted by Gasteiger charge is -2.25. The van der Waals surface area contributed by atoms with Gasteiger partial charge in [0, 0.05) is 44.7 Å². The summed E-state index contributed by atoms with van der Waals surface area (Å²) in [4.78, 5) is 110. The molecular weight excluding hydrogens is 636 g/mol. The van der Waals surface area contributed by atoms with Crippen molar-refractivity contribution in [3.05, 3.63) is 0 Å². The van der Waals surface area contributed by atoms with Gasteiger partial charge in [0.25, 0.3) is 0 Å². The first kappa shape index (κ1) is 45.2. The molecule has 0 bridgehead atoms. The maximum atomic E-state index is 13.5. The van der Waals surface area contributed by atoms with Gasteiger partial charge in [-0.15, -0.1) is 0 Å². The molecule has 0 aliphatic rings. The van der Waals surface area contributed by atoms with E-state index >= 15 is 0 Å². The number of unbranched alkanes of at least 4 members (excludes halogenated alkanes) is 1. The minimum absolute atomic E-state index is 0.00530. The fourth-order valence-electron chi connectivity index (χ4n) is 5.04. The molecular formula is C34H58N6O9. The van der Waals surface area contributed by atoms with Gasteiger partial charge in [0.1, 0.15) is 29.2 Å². The summed E-state index contributed by atoms with van der Waals surface area (Å²) in [5.41, 5.74) is 0. The van der Waals surface area contributed by atoms with E-state index in [2.05, 4.69) is 31.9 Å². The van der Waals surface area contributed by atoms with Gasteiger partial charge in [-0.1, -0.05) is 0 Å². The Morgan fingerprint density at radius 3 is 1.41 bits per heavy atom. The van der Waals surface area contributed by atoms with Crippen LogP contribution >= 0.6 is 0 Å². The van der Waals surface area contributed by atoms with Crippen molar-refractivity contribution in [3.63, 3.8) is 0 Å². The molecule has 0 aliphatic carbocycles. The van der Waals surface area contributed by atoms with Crippen LogP contribution in [-0.2, 0) is 43.2 Å². The van der Waals surface area contributed by atoms with Gasteiger partial charge in [-0.05, 0) is 93.7 Å². The van der Waals surface area contributed by atoms with Gasteiger partial charge in [0.2, 0.25) is 23.6 Å². The van der Waals surface area contributed by atoms with Crippen LogP contribution in [-0.4, -0.2) is 103 Å². The van der Waals surface area contributed by atoms with Crippen molar-refractivity contribution in [2.24, 2.45) is 0 Å². The lowest BCUT2D eigenvalue weighted by Crippen LogP contribution is -2.54. The van der Waals surface area contributed by atoms with Gasteiger partial charge in [-0.2, -0.15) is 0 Å². The maximum Gasteiger partial charge on any atom is 0.242 e. The molecule has 6 N–H and O–H groups in total. The molecule has 4 amide bonds. The Labute approximate surface area is 290 Å². The Morgan fingerprint density at radius 1 is 0.469 bits per heavy atom. The minimum atomic E-state index is -1.18. The smallest absolute Gasteiger partial charge is 0.242 e. The standard InChI is InChI=1S/C34H58N6O9/c1-21(41)11-14-27(25(5)45)39-31(46)18-17-30(40-33(48)29(36-7)16-13-23(3)43)34(49)38-26(20-24(4)44)10-8-9-19-37-32(47)28(35-6)15-12-22(2)42/h26-30,35-36H,8-20H2,1-7H3,(H,37,47)(H,38,49)(H,39,46)(H,40,48). The minimum Gasteiger partial charge on any atom is -0.355 e. The summed E-state index contributed by atoms with van der Waals surface area (Å²) in [7, 11) is 3.19. The van der Waals surface area contributed by atoms with Gasteiger partial charge in [-0.25, -0.2) is 0 Å². The third kappa shape index (κ3) is 21.7. The number of carbonyl (C=O) groups excluding carboxylic acids is 9. The SMILES string of the molecule is CNC(CCC(C)=O)C(=O)NCCCCC(CC(C)=O)NC(=O)C(CCC(=O)NC(CCC(C)=O)C(C)=O)NC(=O)C(CCC(C)=O)NC. The summed E-state index contributed by atoms with van der Waals surface area (Å²) >= 11 is 0. The van der Waals surface area contributed by atoms with Crippen LogP contribution in [0, 0.1) is 0 Å². The molecule has 0 heterocycles. The number of hydrogen-bond acceptors (Lipinski definition) is 11.